The molecule has 1 fully saturated rings. The Morgan fingerprint density at radius 2 is 2.10 bits per heavy atom. The largest absolute Gasteiger partial charge is 0.417 e. The maximum atomic E-state index is 12.7. The van der Waals surface area contributed by atoms with Gasteiger partial charge in [-0.3, -0.25) is 0 Å². The van der Waals surface area contributed by atoms with Crippen LogP contribution in [0.3, 0.4) is 0 Å². The predicted molar refractivity (Wildman–Crippen MR) is 70.6 cm³/mol. The van der Waals surface area contributed by atoms with Gasteiger partial charge in [0.25, 0.3) is 0 Å². The molecule has 1 aromatic carbocycles. The van der Waals surface area contributed by atoms with Gasteiger partial charge in [0, 0.05) is 13.2 Å². The maximum Gasteiger partial charge on any atom is 0.417 e. The molecule has 0 saturated carbocycles. The molecule has 118 valence electrons. The van der Waals surface area contributed by atoms with E-state index in [1.165, 1.54) is 0 Å². The van der Waals surface area contributed by atoms with Gasteiger partial charge in [0.2, 0.25) is 10.0 Å². The van der Waals surface area contributed by atoms with Crippen LogP contribution in [-0.4, -0.2) is 28.2 Å². The van der Waals surface area contributed by atoms with Crippen molar-refractivity contribution >= 4 is 21.6 Å². The van der Waals surface area contributed by atoms with Crippen LogP contribution in [0.4, 0.5) is 13.2 Å². The highest BCUT2D eigenvalue weighted by Crippen LogP contribution is 2.35. The average molecular weight is 344 g/mol. The fourth-order valence-corrected chi connectivity index (χ4v) is 3.31. The highest BCUT2D eigenvalue weighted by molar-refractivity contribution is 7.89. The van der Waals surface area contributed by atoms with Crippen LogP contribution < -0.4 is 4.72 Å². The number of ether oxygens (including phenoxy) is 1. The monoisotopic (exact) mass is 343 g/mol. The first kappa shape index (κ1) is 16.5. The van der Waals surface area contributed by atoms with Crippen LogP contribution in [0.5, 0.6) is 0 Å². The quantitative estimate of drug-likeness (QED) is 0.914. The van der Waals surface area contributed by atoms with E-state index >= 15 is 0 Å². The average Bonchev–Trinajstić information content (AvgIpc) is 2.88. The molecule has 2 rings (SSSR count). The third kappa shape index (κ3) is 4.09. The van der Waals surface area contributed by atoms with Gasteiger partial charge in [-0.2, -0.15) is 13.2 Å². The van der Waals surface area contributed by atoms with E-state index in [2.05, 4.69) is 4.72 Å². The van der Waals surface area contributed by atoms with Crippen molar-refractivity contribution in [1.29, 1.82) is 0 Å². The number of hydrogen-bond donors (Lipinski definition) is 1. The molecule has 1 saturated heterocycles. The van der Waals surface area contributed by atoms with E-state index in [9.17, 15) is 21.6 Å². The van der Waals surface area contributed by atoms with E-state index in [-0.39, 0.29) is 12.5 Å². The Balaban J connectivity index is 2.19. The number of alkyl halides is 3. The van der Waals surface area contributed by atoms with Gasteiger partial charge in [-0.05, 0) is 30.5 Å². The topological polar surface area (TPSA) is 55.4 Å². The lowest BCUT2D eigenvalue weighted by Gasteiger charge is -2.13. The van der Waals surface area contributed by atoms with Crippen molar-refractivity contribution in [3.8, 4) is 0 Å². The molecule has 1 unspecified atom stereocenters. The zero-order chi connectivity index (χ0) is 15.7. The lowest BCUT2D eigenvalue weighted by Crippen LogP contribution is -2.29. The van der Waals surface area contributed by atoms with Gasteiger partial charge in [0.05, 0.1) is 22.1 Å². The summed E-state index contributed by atoms with van der Waals surface area (Å²) in [5, 5.41) is -0.536. The smallest absolute Gasteiger partial charge is 0.381 e. The summed E-state index contributed by atoms with van der Waals surface area (Å²) in [6, 6.07) is 2.51. The first-order valence-electron chi connectivity index (χ1n) is 6.14. The van der Waals surface area contributed by atoms with Gasteiger partial charge in [-0.25, -0.2) is 13.1 Å². The van der Waals surface area contributed by atoms with E-state index in [0.29, 0.717) is 19.3 Å². The van der Waals surface area contributed by atoms with Gasteiger partial charge in [-0.15, -0.1) is 0 Å². The Labute approximate surface area is 125 Å². The van der Waals surface area contributed by atoms with E-state index < -0.39 is 31.7 Å². The van der Waals surface area contributed by atoms with Crippen LogP contribution in [0.2, 0.25) is 5.02 Å². The van der Waals surface area contributed by atoms with Gasteiger partial charge in [0.15, 0.2) is 0 Å². The second-order valence-corrected chi connectivity index (χ2v) is 6.90. The number of rotatable bonds is 4. The Hall–Kier alpha value is -0.830. The molecule has 0 aliphatic carbocycles. The highest BCUT2D eigenvalue weighted by atomic mass is 35.5. The molecule has 1 heterocycles. The van der Waals surface area contributed by atoms with Crippen molar-refractivity contribution in [3.63, 3.8) is 0 Å². The summed E-state index contributed by atoms with van der Waals surface area (Å²) in [4.78, 5) is -0.460. The van der Waals surface area contributed by atoms with E-state index in [1.807, 2.05) is 0 Å². The second kappa shape index (κ2) is 6.12. The SMILES string of the molecule is O=S(=O)(NCC1CCOC1)c1ccc(Cl)c(C(F)(F)F)c1. The van der Waals surface area contributed by atoms with Crippen molar-refractivity contribution in [2.24, 2.45) is 5.92 Å². The molecule has 1 atom stereocenters. The lowest BCUT2D eigenvalue weighted by molar-refractivity contribution is -0.137. The Kier molecular flexibility index (Phi) is 4.82. The molecule has 1 aromatic rings. The fourth-order valence-electron chi connectivity index (χ4n) is 1.94. The summed E-state index contributed by atoms with van der Waals surface area (Å²) in [5.74, 6) is 0.0363. The molecule has 9 heteroatoms. The Morgan fingerprint density at radius 3 is 2.67 bits per heavy atom. The van der Waals surface area contributed by atoms with Gasteiger partial charge >= 0.3 is 6.18 Å². The van der Waals surface area contributed by atoms with Crippen LogP contribution in [0.1, 0.15) is 12.0 Å². The molecule has 21 heavy (non-hydrogen) atoms. The third-order valence-corrected chi connectivity index (χ3v) is 4.89. The van der Waals surface area contributed by atoms with Crippen LogP contribution in [-0.2, 0) is 20.9 Å². The second-order valence-electron chi connectivity index (χ2n) is 4.72. The Morgan fingerprint density at radius 1 is 1.38 bits per heavy atom. The third-order valence-electron chi connectivity index (χ3n) is 3.14. The summed E-state index contributed by atoms with van der Waals surface area (Å²) >= 11 is 5.46. The van der Waals surface area contributed by atoms with Crippen molar-refractivity contribution < 1.29 is 26.3 Å². The zero-order valence-electron chi connectivity index (χ0n) is 10.8. The minimum atomic E-state index is -4.71. The van der Waals surface area contributed by atoms with Crippen molar-refractivity contribution in [2.75, 3.05) is 19.8 Å². The normalized spacial score (nSPS) is 19.9. The molecular weight excluding hydrogens is 331 g/mol. The molecule has 0 amide bonds. The fraction of sp³-hybridized carbons (Fsp3) is 0.500. The molecular formula is C12H13ClF3NO3S. The van der Waals surface area contributed by atoms with Crippen LogP contribution in [0.25, 0.3) is 0 Å². The van der Waals surface area contributed by atoms with E-state index in [0.717, 1.165) is 18.6 Å². The number of halogens is 4. The predicted octanol–water partition coefficient (Wildman–Crippen LogP) is 2.67. The summed E-state index contributed by atoms with van der Waals surface area (Å²) < 4.78 is 69.6. The van der Waals surface area contributed by atoms with Crippen molar-refractivity contribution in [3.05, 3.63) is 28.8 Å². The highest BCUT2D eigenvalue weighted by Gasteiger charge is 2.34. The zero-order valence-corrected chi connectivity index (χ0v) is 12.4. The van der Waals surface area contributed by atoms with E-state index in [4.69, 9.17) is 16.3 Å². The molecule has 0 radical (unpaired) electrons. The number of benzene rings is 1. The molecule has 0 spiro atoms. The Bertz CT molecular complexity index is 613. The molecule has 1 aliphatic rings. The summed E-state index contributed by atoms with van der Waals surface area (Å²) in [6.45, 7) is 1.13. The molecule has 4 nitrogen and oxygen atoms in total. The lowest BCUT2D eigenvalue weighted by atomic mass is 10.1. The molecule has 1 aliphatic heterocycles. The summed E-state index contributed by atoms with van der Waals surface area (Å²) in [7, 11) is -4.01. The van der Waals surface area contributed by atoms with Gasteiger partial charge in [-0.1, -0.05) is 11.6 Å². The molecule has 1 N–H and O–H groups in total. The van der Waals surface area contributed by atoms with Gasteiger partial charge < -0.3 is 4.74 Å². The van der Waals surface area contributed by atoms with Gasteiger partial charge in [0.1, 0.15) is 0 Å². The van der Waals surface area contributed by atoms with E-state index in [1.54, 1.807) is 0 Å². The van der Waals surface area contributed by atoms with Crippen molar-refractivity contribution in [2.45, 2.75) is 17.5 Å². The standard InChI is InChI=1S/C12H13ClF3NO3S/c13-11-2-1-9(5-10(11)12(14,15)16)21(18,19)17-6-8-3-4-20-7-8/h1-2,5,8,17H,3-4,6-7H2. The molecule has 0 aromatic heterocycles. The summed E-state index contributed by atoms with van der Waals surface area (Å²) in [6.07, 6.45) is -3.99. The van der Waals surface area contributed by atoms with Crippen LogP contribution in [0, 0.1) is 5.92 Å². The summed E-state index contributed by atoms with van der Waals surface area (Å²) in [5.41, 5.74) is -1.17. The number of hydrogen-bond acceptors (Lipinski definition) is 3. The maximum absolute atomic E-state index is 12.7. The van der Waals surface area contributed by atoms with Crippen LogP contribution in [0.15, 0.2) is 23.1 Å². The minimum Gasteiger partial charge on any atom is -0.381 e. The van der Waals surface area contributed by atoms with Crippen LogP contribution >= 0.6 is 11.6 Å². The van der Waals surface area contributed by atoms with Crippen molar-refractivity contribution in [1.82, 2.24) is 4.72 Å². The number of nitrogens with one attached hydrogen (secondary N) is 1. The first-order chi connectivity index (χ1) is 9.70. The number of sulfonamides is 1. The first-order valence-corrected chi connectivity index (χ1v) is 8.00. The minimum absolute atomic E-state index is 0.0363. The molecule has 0 bridgehead atoms.